The maximum absolute atomic E-state index is 14.8. The molecule has 2 bridgehead atoms. The van der Waals surface area contributed by atoms with Gasteiger partial charge in [-0.15, -0.1) is 0 Å². The minimum absolute atomic E-state index is 0.0108. The molecule has 3 amide bonds. The number of nitrogens with zero attached hydrogens (tertiary/aromatic N) is 2. The molecule has 0 radical (unpaired) electrons. The lowest BCUT2D eigenvalue weighted by Gasteiger charge is -2.29. The predicted molar refractivity (Wildman–Crippen MR) is 204 cm³/mol. The van der Waals surface area contributed by atoms with E-state index in [1.165, 1.54) is 4.90 Å². The molecular weight excluding hydrogens is 700 g/mol. The van der Waals surface area contributed by atoms with Gasteiger partial charge in [0.1, 0.15) is 41.3 Å². The van der Waals surface area contributed by atoms with Crippen molar-refractivity contribution in [1.29, 1.82) is 0 Å². The van der Waals surface area contributed by atoms with Gasteiger partial charge in [0.2, 0.25) is 11.8 Å². The Morgan fingerprint density at radius 3 is 2.55 bits per heavy atom. The van der Waals surface area contributed by atoms with Gasteiger partial charge in [-0.25, -0.2) is 14.6 Å². The van der Waals surface area contributed by atoms with Crippen molar-refractivity contribution in [2.75, 3.05) is 13.7 Å². The van der Waals surface area contributed by atoms with E-state index in [0.29, 0.717) is 34.5 Å². The molecule has 1 unspecified atom stereocenters. The maximum atomic E-state index is 14.8. The average molecular weight is 745 g/mol. The normalized spacial score (nSPS) is 25.8. The van der Waals surface area contributed by atoms with Gasteiger partial charge in [-0.05, 0) is 61.8 Å². The second kappa shape index (κ2) is 15.1. The Labute approximate surface area is 318 Å². The summed E-state index contributed by atoms with van der Waals surface area (Å²) < 4.78 is 17.9. The fourth-order valence-electron chi connectivity index (χ4n) is 8.20. The summed E-state index contributed by atoms with van der Waals surface area (Å²) in [7, 11) is 1.59. The van der Waals surface area contributed by atoms with Gasteiger partial charge >= 0.3 is 12.1 Å². The molecule has 1 aromatic heterocycles. The number of rotatable bonds is 7. The molecule has 3 N–H and O–H groups in total. The van der Waals surface area contributed by atoms with Crippen LogP contribution in [-0.2, 0) is 32.0 Å². The monoisotopic (exact) mass is 744 g/mol. The highest BCUT2D eigenvalue weighted by atomic mass is 16.6. The second-order valence-electron chi connectivity index (χ2n) is 15.0. The number of aromatic nitrogens is 1. The van der Waals surface area contributed by atoms with Crippen LogP contribution in [0.2, 0.25) is 0 Å². The van der Waals surface area contributed by atoms with Crippen molar-refractivity contribution in [2.45, 2.75) is 81.2 Å². The summed E-state index contributed by atoms with van der Waals surface area (Å²) >= 11 is 0. The number of hydrogen-bond donors (Lipinski definition) is 3. The first-order valence-electron chi connectivity index (χ1n) is 19.0. The molecule has 0 spiro atoms. The number of carboxylic acid groups (broad SMARTS) is 1. The molecule has 12 nitrogen and oxygen atoms in total. The van der Waals surface area contributed by atoms with E-state index < -0.39 is 53.5 Å². The molecule has 2 aliphatic carbocycles. The molecule has 55 heavy (non-hydrogen) atoms. The molecule has 3 aromatic carbocycles. The van der Waals surface area contributed by atoms with Crippen LogP contribution in [0.1, 0.15) is 49.7 Å². The van der Waals surface area contributed by atoms with Crippen molar-refractivity contribution >= 4 is 34.8 Å². The molecule has 2 aliphatic heterocycles. The van der Waals surface area contributed by atoms with Gasteiger partial charge in [-0.2, -0.15) is 0 Å². The van der Waals surface area contributed by atoms with Gasteiger partial charge < -0.3 is 34.9 Å². The minimum atomic E-state index is -1.49. The summed E-state index contributed by atoms with van der Waals surface area (Å²) in [5.41, 5.74) is 2.49. The number of amides is 3. The SMILES string of the molecule is COc1ccc2c(O[C@@H]3C[C@H]4C(=O)N[C@@]5(C(=O)O)CC5/C=C\Cc5cccc(c5)C[C@@H](NC(=O)OC5CCCC5)C(=O)N4C3)cc(-c3ccccc3)nc2c1. The highest BCUT2D eigenvalue weighted by Gasteiger charge is 2.61. The van der Waals surface area contributed by atoms with E-state index >= 15 is 0 Å². The van der Waals surface area contributed by atoms with Crippen LogP contribution < -0.4 is 20.1 Å². The summed E-state index contributed by atoms with van der Waals surface area (Å²) in [6.07, 6.45) is 6.70. The van der Waals surface area contributed by atoms with Crippen LogP contribution in [0.15, 0.2) is 91.0 Å². The first-order valence-corrected chi connectivity index (χ1v) is 19.0. The Kier molecular flexibility index (Phi) is 9.89. The third-order valence-electron chi connectivity index (χ3n) is 11.3. The average Bonchev–Trinajstić information content (AvgIpc) is 3.45. The molecule has 2 saturated carbocycles. The number of fused-ring (bicyclic) bond motifs is 5. The molecule has 284 valence electrons. The number of methoxy groups -OCH3 is 1. The van der Waals surface area contributed by atoms with Crippen molar-refractivity contribution in [3.05, 3.63) is 102 Å². The molecule has 4 aliphatic rings. The topological polar surface area (TPSA) is 156 Å². The molecule has 4 aromatic rings. The number of carbonyl (C=O) groups excluding carboxylic acids is 3. The quantitative estimate of drug-likeness (QED) is 0.205. The number of aliphatic carboxylic acids is 1. The lowest BCUT2D eigenvalue weighted by molar-refractivity contribution is -0.145. The third kappa shape index (κ3) is 7.58. The fourth-order valence-corrected chi connectivity index (χ4v) is 8.20. The number of pyridine rings is 1. The number of carbonyl (C=O) groups is 4. The Balaban J connectivity index is 1.15. The number of ether oxygens (including phenoxy) is 3. The van der Waals surface area contributed by atoms with E-state index in [-0.39, 0.29) is 31.9 Å². The maximum Gasteiger partial charge on any atom is 0.408 e. The van der Waals surface area contributed by atoms with E-state index in [1.54, 1.807) is 7.11 Å². The van der Waals surface area contributed by atoms with Crippen LogP contribution in [0.5, 0.6) is 11.5 Å². The molecule has 3 fully saturated rings. The van der Waals surface area contributed by atoms with Crippen LogP contribution in [0.3, 0.4) is 0 Å². The standard InChI is InChI=1S/C43H44N4O8/c1-53-31-17-18-33-35(21-31)44-34(28-12-3-2-4-13-28)23-38(33)54-32-22-37-39(48)46-43(41(50)51)24-29(43)14-8-10-26-9-7-11-27(19-26)20-36(40(49)47(37)25-32)45-42(52)55-30-15-5-6-16-30/h2-4,7-9,11-14,17-19,21,23,29-30,32,36-37H,5-6,10,15-16,20,22,24-25H2,1H3,(H,45,52)(H,46,48)(H,50,51)/b14-8-/t29?,32-,36-,37+,43+/m1/s1. The zero-order chi connectivity index (χ0) is 38.1. The van der Waals surface area contributed by atoms with Crippen molar-refractivity contribution in [2.24, 2.45) is 5.92 Å². The zero-order valence-electron chi connectivity index (χ0n) is 30.6. The Hall–Kier alpha value is -5.91. The summed E-state index contributed by atoms with van der Waals surface area (Å²) in [5.74, 6) is -1.48. The van der Waals surface area contributed by atoms with Gasteiger partial charge in [-0.3, -0.25) is 9.59 Å². The fraction of sp³-hybridized carbons (Fsp3) is 0.372. The van der Waals surface area contributed by atoms with Gasteiger partial charge in [0.05, 0.1) is 24.9 Å². The highest BCUT2D eigenvalue weighted by molar-refractivity contribution is 5.96. The number of hydrogen-bond acceptors (Lipinski definition) is 8. The smallest absolute Gasteiger partial charge is 0.408 e. The summed E-state index contributed by atoms with van der Waals surface area (Å²) in [5, 5.41) is 16.7. The molecular formula is C43H44N4O8. The van der Waals surface area contributed by atoms with E-state index in [4.69, 9.17) is 19.2 Å². The van der Waals surface area contributed by atoms with Crippen LogP contribution in [-0.4, -0.2) is 82.4 Å². The van der Waals surface area contributed by atoms with E-state index in [1.807, 2.05) is 91.0 Å². The number of alkyl carbamates (subject to hydrolysis) is 1. The number of carboxylic acids is 1. The molecule has 5 atom stereocenters. The van der Waals surface area contributed by atoms with E-state index in [0.717, 1.165) is 42.4 Å². The van der Waals surface area contributed by atoms with Crippen LogP contribution in [0, 0.1) is 5.92 Å². The van der Waals surface area contributed by atoms with E-state index in [9.17, 15) is 24.3 Å². The third-order valence-corrected chi connectivity index (χ3v) is 11.3. The second-order valence-corrected chi connectivity index (χ2v) is 15.0. The zero-order valence-corrected chi connectivity index (χ0v) is 30.6. The van der Waals surface area contributed by atoms with Crippen molar-refractivity contribution in [3.8, 4) is 22.8 Å². The number of benzene rings is 3. The van der Waals surface area contributed by atoms with Crippen molar-refractivity contribution in [1.82, 2.24) is 20.5 Å². The minimum Gasteiger partial charge on any atom is -0.497 e. The van der Waals surface area contributed by atoms with Gasteiger partial charge in [0, 0.05) is 41.8 Å². The predicted octanol–water partition coefficient (Wildman–Crippen LogP) is 5.61. The molecule has 12 heteroatoms. The summed E-state index contributed by atoms with van der Waals surface area (Å²) in [6.45, 7) is 0.0108. The van der Waals surface area contributed by atoms with Crippen molar-refractivity contribution < 1.29 is 38.5 Å². The highest BCUT2D eigenvalue weighted by Crippen LogP contribution is 2.45. The Morgan fingerprint density at radius 2 is 1.76 bits per heavy atom. The van der Waals surface area contributed by atoms with E-state index in [2.05, 4.69) is 10.6 Å². The van der Waals surface area contributed by atoms with Crippen LogP contribution >= 0.6 is 0 Å². The number of nitrogens with one attached hydrogen (secondary N) is 2. The lowest BCUT2D eigenvalue weighted by Crippen LogP contribution is -2.57. The van der Waals surface area contributed by atoms with Crippen molar-refractivity contribution in [3.63, 3.8) is 0 Å². The molecule has 3 heterocycles. The number of allylic oxidation sites excluding steroid dienone is 1. The lowest BCUT2D eigenvalue weighted by atomic mass is 10.0. The summed E-state index contributed by atoms with van der Waals surface area (Å²) in [6, 6.07) is 22.6. The van der Waals surface area contributed by atoms with Gasteiger partial charge in [-0.1, -0.05) is 66.7 Å². The first kappa shape index (κ1) is 36.1. The van der Waals surface area contributed by atoms with Gasteiger partial charge in [0.15, 0.2) is 0 Å². The molecule has 8 rings (SSSR count). The first-order chi connectivity index (χ1) is 26.7. The van der Waals surface area contributed by atoms with Gasteiger partial charge in [0.25, 0.3) is 0 Å². The molecule has 1 saturated heterocycles. The summed E-state index contributed by atoms with van der Waals surface area (Å²) in [4.78, 5) is 61.3. The largest absolute Gasteiger partial charge is 0.497 e. The Morgan fingerprint density at radius 1 is 0.964 bits per heavy atom. The van der Waals surface area contributed by atoms with Crippen LogP contribution in [0.25, 0.3) is 22.2 Å². The Bertz CT molecular complexity index is 2150. The van der Waals surface area contributed by atoms with Crippen LogP contribution in [0.4, 0.5) is 4.79 Å².